The summed E-state index contributed by atoms with van der Waals surface area (Å²) in [6, 6.07) is 0.714. The summed E-state index contributed by atoms with van der Waals surface area (Å²) in [6.45, 7) is 7.51. The van der Waals surface area contributed by atoms with E-state index in [1.54, 1.807) is 0 Å². The molecule has 0 aromatic rings. The Bertz CT molecular complexity index is 103. The van der Waals surface area contributed by atoms with Gasteiger partial charge in [-0.1, -0.05) is 13.8 Å². The lowest BCUT2D eigenvalue weighted by atomic mass is 10.1. The van der Waals surface area contributed by atoms with Crippen molar-refractivity contribution in [1.29, 1.82) is 0 Å². The molecule has 1 fully saturated rings. The third-order valence-corrected chi connectivity index (χ3v) is 2.04. The standard InChI is InChI=1S/C9H19NO.H2/c1-8(2)7-10-9-3-5-11-6-4-9;/h8-10H,3-7H2,1-2H3;1H. The van der Waals surface area contributed by atoms with E-state index in [0.717, 1.165) is 25.7 Å². The number of ether oxygens (including phenoxy) is 1. The average Bonchev–Trinajstić information content (AvgIpc) is 2.03. The first-order valence-electron chi connectivity index (χ1n) is 4.60. The van der Waals surface area contributed by atoms with E-state index in [1.807, 2.05) is 0 Å². The summed E-state index contributed by atoms with van der Waals surface area (Å²) in [5, 5.41) is 3.54. The summed E-state index contributed by atoms with van der Waals surface area (Å²) in [5.74, 6) is 0.762. The molecule has 2 heteroatoms. The van der Waals surface area contributed by atoms with Crippen molar-refractivity contribution in [2.45, 2.75) is 32.7 Å². The maximum Gasteiger partial charge on any atom is 0.0480 e. The monoisotopic (exact) mass is 159 g/mol. The molecule has 68 valence electrons. The summed E-state index contributed by atoms with van der Waals surface area (Å²) in [6.07, 6.45) is 2.37. The Balaban J connectivity index is 0.00000121. The number of hydrogen-bond acceptors (Lipinski definition) is 2. The van der Waals surface area contributed by atoms with Crippen LogP contribution in [-0.4, -0.2) is 25.8 Å². The zero-order valence-electron chi connectivity index (χ0n) is 7.60. The van der Waals surface area contributed by atoms with E-state index in [9.17, 15) is 0 Å². The molecule has 0 spiro atoms. The van der Waals surface area contributed by atoms with E-state index in [-0.39, 0.29) is 1.43 Å². The van der Waals surface area contributed by atoms with Crippen LogP contribution < -0.4 is 5.32 Å². The van der Waals surface area contributed by atoms with Gasteiger partial charge in [-0.15, -0.1) is 0 Å². The number of hydrogen-bond donors (Lipinski definition) is 1. The molecule has 1 N–H and O–H groups in total. The van der Waals surface area contributed by atoms with E-state index in [4.69, 9.17) is 4.74 Å². The quantitative estimate of drug-likeness (QED) is 0.676. The minimum atomic E-state index is 0. The second-order valence-electron chi connectivity index (χ2n) is 3.69. The van der Waals surface area contributed by atoms with Crippen molar-refractivity contribution in [3.63, 3.8) is 0 Å². The van der Waals surface area contributed by atoms with Gasteiger partial charge in [-0.3, -0.25) is 0 Å². The molecular formula is C9H21NO. The first-order chi connectivity index (χ1) is 5.29. The Kier molecular flexibility index (Phi) is 3.87. The third-order valence-electron chi connectivity index (χ3n) is 2.04. The highest BCUT2D eigenvalue weighted by Gasteiger charge is 2.12. The Morgan fingerprint density at radius 1 is 1.45 bits per heavy atom. The van der Waals surface area contributed by atoms with Gasteiger partial charge < -0.3 is 10.1 Å². The van der Waals surface area contributed by atoms with Crippen LogP contribution in [0.2, 0.25) is 0 Å². The summed E-state index contributed by atoms with van der Waals surface area (Å²) in [4.78, 5) is 0. The molecule has 0 unspecified atom stereocenters. The van der Waals surface area contributed by atoms with E-state index < -0.39 is 0 Å². The van der Waals surface area contributed by atoms with Gasteiger partial charge in [0.2, 0.25) is 0 Å². The molecule has 1 saturated heterocycles. The zero-order chi connectivity index (χ0) is 8.10. The Morgan fingerprint density at radius 3 is 2.64 bits per heavy atom. The molecule has 1 rings (SSSR count). The van der Waals surface area contributed by atoms with Crippen molar-refractivity contribution in [1.82, 2.24) is 5.32 Å². The lowest BCUT2D eigenvalue weighted by molar-refractivity contribution is 0.0773. The molecule has 1 aliphatic heterocycles. The van der Waals surface area contributed by atoms with Gasteiger partial charge in [-0.25, -0.2) is 0 Å². The van der Waals surface area contributed by atoms with Crippen molar-refractivity contribution < 1.29 is 6.16 Å². The topological polar surface area (TPSA) is 21.3 Å². The van der Waals surface area contributed by atoms with Crippen LogP contribution in [-0.2, 0) is 4.74 Å². The number of rotatable bonds is 3. The Morgan fingerprint density at radius 2 is 2.09 bits per heavy atom. The fourth-order valence-corrected chi connectivity index (χ4v) is 1.30. The van der Waals surface area contributed by atoms with Crippen molar-refractivity contribution in [3.8, 4) is 0 Å². The van der Waals surface area contributed by atoms with Crippen LogP contribution in [0.4, 0.5) is 0 Å². The maximum atomic E-state index is 5.27. The summed E-state index contributed by atoms with van der Waals surface area (Å²) >= 11 is 0. The molecule has 0 aromatic carbocycles. The fourth-order valence-electron chi connectivity index (χ4n) is 1.30. The summed E-state index contributed by atoms with van der Waals surface area (Å²) in [5.41, 5.74) is 0. The van der Waals surface area contributed by atoms with Crippen LogP contribution in [0.3, 0.4) is 0 Å². The molecule has 0 saturated carbocycles. The van der Waals surface area contributed by atoms with E-state index >= 15 is 0 Å². The van der Waals surface area contributed by atoms with Crippen LogP contribution in [0.15, 0.2) is 0 Å². The Hall–Kier alpha value is -0.0800. The summed E-state index contributed by atoms with van der Waals surface area (Å²) < 4.78 is 5.27. The van der Waals surface area contributed by atoms with Crippen molar-refractivity contribution in [3.05, 3.63) is 0 Å². The Labute approximate surface area is 70.8 Å². The molecule has 0 aliphatic carbocycles. The highest BCUT2D eigenvalue weighted by molar-refractivity contribution is 4.70. The first kappa shape index (κ1) is 9.01. The van der Waals surface area contributed by atoms with Gasteiger partial charge in [-0.05, 0) is 25.3 Å². The highest BCUT2D eigenvalue weighted by Crippen LogP contribution is 2.06. The van der Waals surface area contributed by atoms with Crippen LogP contribution in [0, 0.1) is 5.92 Å². The van der Waals surface area contributed by atoms with Crippen LogP contribution in [0.1, 0.15) is 28.1 Å². The van der Waals surface area contributed by atoms with Gasteiger partial charge >= 0.3 is 0 Å². The largest absolute Gasteiger partial charge is 0.381 e. The van der Waals surface area contributed by atoms with Gasteiger partial charge in [0.05, 0.1) is 0 Å². The van der Waals surface area contributed by atoms with Gasteiger partial charge in [0.15, 0.2) is 0 Å². The van der Waals surface area contributed by atoms with Gasteiger partial charge in [-0.2, -0.15) is 0 Å². The molecule has 11 heavy (non-hydrogen) atoms. The van der Waals surface area contributed by atoms with E-state index in [0.29, 0.717) is 6.04 Å². The predicted molar refractivity (Wildman–Crippen MR) is 48.8 cm³/mol. The van der Waals surface area contributed by atoms with Crippen LogP contribution in [0.25, 0.3) is 0 Å². The molecule has 1 aliphatic rings. The lowest BCUT2D eigenvalue weighted by Gasteiger charge is -2.23. The molecule has 0 bridgehead atoms. The van der Waals surface area contributed by atoms with Gasteiger partial charge in [0.1, 0.15) is 0 Å². The smallest absolute Gasteiger partial charge is 0.0480 e. The normalized spacial score (nSPS) is 21.0. The third kappa shape index (κ3) is 3.73. The average molecular weight is 159 g/mol. The molecule has 2 nitrogen and oxygen atoms in total. The van der Waals surface area contributed by atoms with Crippen molar-refractivity contribution >= 4 is 0 Å². The molecule has 0 atom stereocenters. The van der Waals surface area contributed by atoms with Gasteiger partial charge in [0, 0.05) is 20.7 Å². The van der Waals surface area contributed by atoms with Crippen LogP contribution in [0.5, 0.6) is 0 Å². The van der Waals surface area contributed by atoms with Crippen LogP contribution >= 0.6 is 0 Å². The molecule has 0 aromatic heterocycles. The lowest BCUT2D eigenvalue weighted by Crippen LogP contribution is -2.36. The fraction of sp³-hybridized carbons (Fsp3) is 1.00. The van der Waals surface area contributed by atoms with E-state index in [2.05, 4.69) is 19.2 Å². The second-order valence-corrected chi connectivity index (χ2v) is 3.69. The number of nitrogens with one attached hydrogen (secondary N) is 1. The molecule has 0 amide bonds. The van der Waals surface area contributed by atoms with Crippen molar-refractivity contribution in [2.24, 2.45) is 5.92 Å². The van der Waals surface area contributed by atoms with E-state index in [1.165, 1.54) is 12.8 Å². The van der Waals surface area contributed by atoms with Gasteiger partial charge in [0.25, 0.3) is 0 Å². The summed E-state index contributed by atoms with van der Waals surface area (Å²) in [7, 11) is 0. The minimum absolute atomic E-state index is 0. The highest BCUT2D eigenvalue weighted by atomic mass is 16.5. The second kappa shape index (κ2) is 4.73. The zero-order valence-corrected chi connectivity index (χ0v) is 7.60. The van der Waals surface area contributed by atoms with Crippen molar-refractivity contribution in [2.75, 3.05) is 19.8 Å². The molecular weight excluding hydrogens is 138 g/mol. The first-order valence-corrected chi connectivity index (χ1v) is 4.60. The SMILES string of the molecule is CC(C)CNC1CCOCC1.[HH]. The molecule has 1 heterocycles. The predicted octanol–water partition coefficient (Wildman–Crippen LogP) is 1.66. The maximum absolute atomic E-state index is 5.27. The molecule has 0 radical (unpaired) electrons. The minimum Gasteiger partial charge on any atom is -0.381 e.